The van der Waals surface area contributed by atoms with Gasteiger partial charge in [0, 0.05) is 25.3 Å². The standard InChI is InChI=1S/C15H22N2O/c1-4-15(18)16-10-7-11-17(5-2)14-9-6-8-13(3)12-14/h4,6,8-9,12H,1,5,7,10-11H2,2-3H3,(H,16,18). The van der Waals surface area contributed by atoms with E-state index < -0.39 is 0 Å². The van der Waals surface area contributed by atoms with E-state index in [1.54, 1.807) is 0 Å². The maximum atomic E-state index is 11.0. The van der Waals surface area contributed by atoms with Crippen LogP contribution < -0.4 is 10.2 Å². The summed E-state index contributed by atoms with van der Waals surface area (Å²) in [4.78, 5) is 13.3. The van der Waals surface area contributed by atoms with Gasteiger partial charge in [0.15, 0.2) is 0 Å². The van der Waals surface area contributed by atoms with Gasteiger partial charge >= 0.3 is 0 Å². The van der Waals surface area contributed by atoms with Crippen LogP contribution in [0.4, 0.5) is 5.69 Å². The minimum atomic E-state index is -0.103. The lowest BCUT2D eigenvalue weighted by Crippen LogP contribution is -2.29. The molecule has 1 amide bonds. The van der Waals surface area contributed by atoms with Crippen molar-refractivity contribution in [2.24, 2.45) is 0 Å². The smallest absolute Gasteiger partial charge is 0.243 e. The van der Waals surface area contributed by atoms with E-state index in [4.69, 9.17) is 0 Å². The molecule has 0 saturated carbocycles. The van der Waals surface area contributed by atoms with Gasteiger partial charge in [-0.15, -0.1) is 0 Å². The van der Waals surface area contributed by atoms with Crippen LogP contribution in [0, 0.1) is 6.92 Å². The molecule has 0 aliphatic heterocycles. The second-order valence-corrected chi connectivity index (χ2v) is 4.27. The number of hydrogen-bond acceptors (Lipinski definition) is 2. The molecule has 1 rings (SSSR count). The Labute approximate surface area is 109 Å². The summed E-state index contributed by atoms with van der Waals surface area (Å²) in [7, 11) is 0. The number of carbonyl (C=O) groups excluding carboxylic acids is 1. The summed E-state index contributed by atoms with van der Waals surface area (Å²) in [5, 5.41) is 2.79. The number of nitrogens with one attached hydrogen (secondary N) is 1. The predicted octanol–water partition coefficient (Wildman–Crippen LogP) is 2.51. The van der Waals surface area contributed by atoms with Crippen LogP contribution in [0.2, 0.25) is 0 Å². The van der Waals surface area contributed by atoms with Gasteiger partial charge in [0.25, 0.3) is 0 Å². The molecule has 0 fully saturated rings. The average Bonchev–Trinajstić information content (AvgIpc) is 2.38. The Morgan fingerprint density at radius 2 is 2.28 bits per heavy atom. The normalized spacial score (nSPS) is 9.89. The third-order valence-electron chi connectivity index (χ3n) is 2.84. The molecular weight excluding hydrogens is 224 g/mol. The zero-order valence-corrected chi connectivity index (χ0v) is 11.3. The molecule has 0 bridgehead atoms. The summed E-state index contributed by atoms with van der Waals surface area (Å²) in [5.74, 6) is -0.103. The molecule has 0 atom stereocenters. The van der Waals surface area contributed by atoms with Crippen LogP contribution in [0.15, 0.2) is 36.9 Å². The summed E-state index contributed by atoms with van der Waals surface area (Å²) < 4.78 is 0. The quantitative estimate of drug-likeness (QED) is 0.592. The van der Waals surface area contributed by atoms with Gasteiger partial charge in [-0.25, -0.2) is 0 Å². The summed E-state index contributed by atoms with van der Waals surface area (Å²) in [6.07, 6.45) is 2.24. The molecule has 0 unspecified atom stereocenters. The molecule has 18 heavy (non-hydrogen) atoms. The average molecular weight is 246 g/mol. The van der Waals surface area contributed by atoms with E-state index in [0.717, 1.165) is 19.5 Å². The lowest BCUT2D eigenvalue weighted by molar-refractivity contribution is -0.116. The van der Waals surface area contributed by atoms with Crippen molar-refractivity contribution in [3.63, 3.8) is 0 Å². The van der Waals surface area contributed by atoms with Crippen molar-refractivity contribution in [3.05, 3.63) is 42.5 Å². The number of nitrogens with zero attached hydrogens (tertiary/aromatic N) is 1. The van der Waals surface area contributed by atoms with E-state index in [-0.39, 0.29) is 5.91 Å². The van der Waals surface area contributed by atoms with E-state index >= 15 is 0 Å². The number of benzene rings is 1. The Morgan fingerprint density at radius 1 is 1.50 bits per heavy atom. The number of anilines is 1. The molecule has 0 saturated heterocycles. The van der Waals surface area contributed by atoms with E-state index in [2.05, 4.69) is 54.9 Å². The van der Waals surface area contributed by atoms with Crippen molar-refractivity contribution < 1.29 is 4.79 Å². The number of carbonyl (C=O) groups is 1. The van der Waals surface area contributed by atoms with E-state index in [1.165, 1.54) is 17.3 Å². The first-order valence-electron chi connectivity index (χ1n) is 6.39. The van der Waals surface area contributed by atoms with Crippen LogP contribution in [0.3, 0.4) is 0 Å². The number of amides is 1. The fraction of sp³-hybridized carbons (Fsp3) is 0.400. The molecule has 0 heterocycles. The van der Waals surface area contributed by atoms with Crippen LogP contribution in [-0.2, 0) is 4.79 Å². The summed E-state index contributed by atoms with van der Waals surface area (Å²) in [6, 6.07) is 8.49. The number of hydrogen-bond donors (Lipinski definition) is 1. The van der Waals surface area contributed by atoms with Gasteiger partial charge < -0.3 is 10.2 Å². The van der Waals surface area contributed by atoms with Gasteiger partial charge in [-0.05, 0) is 44.0 Å². The fourth-order valence-corrected chi connectivity index (χ4v) is 1.85. The Hall–Kier alpha value is -1.77. The molecule has 3 heteroatoms. The minimum absolute atomic E-state index is 0.103. The Bertz CT molecular complexity index is 401. The molecule has 1 aromatic carbocycles. The molecule has 3 nitrogen and oxygen atoms in total. The highest BCUT2D eigenvalue weighted by Crippen LogP contribution is 2.15. The Kier molecular flexibility index (Phi) is 5.98. The van der Waals surface area contributed by atoms with Crippen LogP contribution in [0.25, 0.3) is 0 Å². The predicted molar refractivity (Wildman–Crippen MR) is 76.9 cm³/mol. The van der Waals surface area contributed by atoms with Crippen molar-refractivity contribution in [2.75, 3.05) is 24.5 Å². The van der Waals surface area contributed by atoms with Gasteiger partial charge in [0.2, 0.25) is 5.91 Å². The van der Waals surface area contributed by atoms with Gasteiger partial charge in [0.05, 0.1) is 0 Å². The van der Waals surface area contributed by atoms with Crippen LogP contribution in [0.1, 0.15) is 18.9 Å². The second kappa shape index (κ2) is 7.54. The van der Waals surface area contributed by atoms with Gasteiger partial charge in [-0.3, -0.25) is 4.79 Å². The molecule has 1 aromatic rings. The molecule has 0 aliphatic carbocycles. The highest BCUT2D eigenvalue weighted by Gasteiger charge is 2.04. The van der Waals surface area contributed by atoms with Crippen LogP contribution >= 0.6 is 0 Å². The third-order valence-corrected chi connectivity index (χ3v) is 2.84. The second-order valence-electron chi connectivity index (χ2n) is 4.27. The monoisotopic (exact) mass is 246 g/mol. The first-order chi connectivity index (χ1) is 8.67. The van der Waals surface area contributed by atoms with Crippen molar-refractivity contribution in [1.82, 2.24) is 5.32 Å². The largest absolute Gasteiger partial charge is 0.372 e. The SMILES string of the molecule is C=CC(=O)NCCCN(CC)c1cccc(C)c1. The van der Waals surface area contributed by atoms with E-state index in [0.29, 0.717) is 6.54 Å². The topological polar surface area (TPSA) is 32.3 Å². The highest BCUT2D eigenvalue weighted by molar-refractivity contribution is 5.86. The van der Waals surface area contributed by atoms with Gasteiger partial charge in [-0.2, -0.15) is 0 Å². The van der Waals surface area contributed by atoms with Crippen molar-refractivity contribution in [1.29, 1.82) is 0 Å². The Balaban J connectivity index is 2.43. The zero-order chi connectivity index (χ0) is 13.4. The third kappa shape index (κ3) is 4.62. The maximum Gasteiger partial charge on any atom is 0.243 e. The molecule has 1 N–H and O–H groups in total. The first-order valence-corrected chi connectivity index (χ1v) is 6.39. The highest BCUT2D eigenvalue weighted by atomic mass is 16.1. The lowest BCUT2D eigenvalue weighted by Gasteiger charge is -2.23. The van der Waals surface area contributed by atoms with Crippen molar-refractivity contribution in [3.8, 4) is 0 Å². The van der Waals surface area contributed by atoms with Crippen molar-refractivity contribution >= 4 is 11.6 Å². The van der Waals surface area contributed by atoms with Gasteiger partial charge in [-0.1, -0.05) is 18.7 Å². The van der Waals surface area contributed by atoms with E-state index in [9.17, 15) is 4.79 Å². The Morgan fingerprint density at radius 3 is 2.89 bits per heavy atom. The molecule has 0 aliphatic rings. The fourth-order valence-electron chi connectivity index (χ4n) is 1.85. The lowest BCUT2D eigenvalue weighted by atomic mass is 10.2. The number of aryl methyl sites for hydroxylation is 1. The first kappa shape index (κ1) is 14.3. The van der Waals surface area contributed by atoms with Crippen LogP contribution in [-0.4, -0.2) is 25.5 Å². The van der Waals surface area contributed by atoms with Crippen LogP contribution in [0.5, 0.6) is 0 Å². The summed E-state index contributed by atoms with van der Waals surface area (Å²) in [5.41, 5.74) is 2.51. The summed E-state index contributed by atoms with van der Waals surface area (Å²) in [6.45, 7) is 10.3. The van der Waals surface area contributed by atoms with Gasteiger partial charge in [0.1, 0.15) is 0 Å². The van der Waals surface area contributed by atoms with E-state index in [1.807, 2.05) is 0 Å². The minimum Gasteiger partial charge on any atom is -0.372 e. The number of rotatable bonds is 7. The molecular formula is C15H22N2O. The zero-order valence-electron chi connectivity index (χ0n) is 11.3. The molecule has 0 spiro atoms. The molecule has 98 valence electrons. The molecule has 0 aromatic heterocycles. The summed E-state index contributed by atoms with van der Waals surface area (Å²) >= 11 is 0. The molecule has 0 radical (unpaired) electrons. The van der Waals surface area contributed by atoms with Crippen molar-refractivity contribution in [2.45, 2.75) is 20.3 Å². The maximum absolute atomic E-state index is 11.0.